The van der Waals surface area contributed by atoms with Crippen molar-refractivity contribution in [2.24, 2.45) is 0 Å². The Morgan fingerprint density at radius 1 is 0.974 bits per heavy atom. The van der Waals surface area contributed by atoms with Gasteiger partial charge in [-0.2, -0.15) is 0 Å². The number of aliphatic carboxylic acids is 1. The van der Waals surface area contributed by atoms with Crippen LogP contribution in [0.5, 0.6) is 0 Å². The fraction of sp³-hybridized carbons (Fsp3) is 0.379. The summed E-state index contributed by atoms with van der Waals surface area (Å²) in [7, 11) is 0. The summed E-state index contributed by atoms with van der Waals surface area (Å²) >= 11 is 0. The van der Waals surface area contributed by atoms with Gasteiger partial charge in [0, 0.05) is 44.2 Å². The molecule has 0 spiro atoms. The van der Waals surface area contributed by atoms with Crippen LogP contribution in [0.25, 0.3) is 21.8 Å². The van der Waals surface area contributed by atoms with Gasteiger partial charge in [-0.05, 0) is 52.6 Å². The zero-order chi connectivity index (χ0) is 26.2. The van der Waals surface area contributed by atoms with Crippen molar-refractivity contribution in [2.75, 3.05) is 45.9 Å². The molecule has 0 saturated carbocycles. The molecule has 5 aliphatic rings. The van der Waals surface area contributed by atoms with E-state index in [9.17, 15) is 14.7 Å². The minimum absolute atomic E-state index is 0.0323. The van der Waals surface area contributed by atoms with Gasteiger partial charge in [-0.15, -0.1) is 5.10 Å². The average Bonchev–Trinajstić information content (AvgIpc) is 3.34. The first kappa shape index (κ1) is 24.5. The number of aromatic nitrogens is 3. The molecule has 1 N–H and O–H groups in total. The van der Waals surface area contributed by atoms with Crippen LogP contribution in [0.1, 0.15) is 39.4 Å². The molecule has 1 atom stereocenters. The molecule has 1 fully saturated rings. The molecule has 1 aromatic heterocycles. The maximum Gasteiger partial charge on any atom is 0.304 e. The summed E-state index contributed by atoms with van der Waals surface area (Å²) in [6, 6.07) is 15.8. The second-order valence-corrected chi connectivity index (χ2v) is 10.2. The van der Waals surface area contributed by atoms with Crippen molar-refractivity contribution < 1.29 is 19.4 Å². The van der Waals surface area contributed by atoms with E-state index in [0.717, 1.165) is 58.1 Å². The van der Waals surface area contributed by atoms with E-state index in [1.54, 1.807) is 0 Å². The lowest BCUT2D eigenvalue weighted by molar-refractivity contribution is -0.137. The van der Waals surface area contributed by atoms with E-state index >= 15 is 0 Å². The van der Waals surface area contributed by atoms with Crippen molar-refractivity contribution in [1.29, 1.82) is 0 Å². The number of hydrogen-bond acceptors (Lipinski definition) is 6. The van der Waals surface area contributed by atoms with Crippen LogP contribution in [0.2, 0.25) is 0 Å². The fourth-order valence-corrected chi connectivity index (χ4v) is 5.73. The number of hydrogen-bond donors (Lipinski definition) is 1. The lowest BCUT2D eigenvalue weighted by atomic mass is 9.84. The number of carboxylic acids is 1. The first-order chi connectivity index (χ1) is 18.5. The van der Waals surface area contributed by atoms with E-state index in [2.05, 4.69) is 15.2 Å². The number of aryl methyl sites for hydroxylation is 1. The summed E-state index contributed by atoms with van der Waals surface area (Å²) in [6.45, 7) is 7.53. The molecular formula is C29H31N5O4. The topological polar surface area (TPSA) is 101 Å². The van der Waals surface area contributed by atoms with Gasteiger partial charge in [-0.1, -0.05) is 35.5 Å². The van der Waals surface area contributed by atoms with E-state index < -0.39 is 5.97 Å². The Morgan fingerprint density at radius 2 is 1.76 bits per heavy atom. The minimum Gasteiger partial charge on any atom is -0.481 e. The van der Waals surface area contributed by atoms with Crippen LogP contribution in [0.3, 0.4) is 0 Å². The molecule has 0 aliphatic carbocycles. The molecular weight excluding hydrogens is 482 g/mol. The Labute approximate surface area is 220 Å². The van der Waals surface area contributed by atoms with Gasteiger partial charge in [0.1, 0.15) is 5.52 Å². The predicted molar refractivity (Wildman–Crippen MR) is 143 cm³/mol. The molecule has 4 aromatic rings. The molecule has 9 nitrogen and oxygen atoms in total. The third-order valence-corrected chi connectivity index (χ3v) is 7.91. The van der Waals surface area contributed by atoms with Gasteiger partial charge in [-0.3, -0.25) is 14.5 Å². The van der Waals surface area contributed by atoms with Crippen LogP contribution in [-0.2, 0) is 16.1 Å². The fourth-order valence-electron chi connectivity index (χ4n) is 5.73. The van der Waals surface area contributed by atoms with Gasteiger partial charge in [0.25, 0.3) is 5.91 Å². The van der Waals surface area contributed by atoms with Crippen molar-refractivity contribution >= 4 is 33.7 Å². The highest BCUT2D eigenvalue weighted by molar-refractivity contribution is 5.99. The van der Waals surface area contributed by atoms with Gasteiger partial charge in [0.2, 0.25) is 0 Å². The van der Waals surface area contributed by atoms with E-state index in [0.29, 0.717) is 38.4 Å². The molecule has 5 aliphatic heterocycles. The first-order valence-electron chi connectivity index (χ1n) is 13.2. The van der Waals surface area contributed by atoms with Gasteiger partial charge in [-0.25, -0.2) is 4.68 Å². The highest BCUT2D eigenvalue weighted by Crippen LogP contribution is 2.35. The van der Waals surface area contributed by atoms with Gasteiger partial charge in [0.05, 0.1) is 31.7 Å². The normalized spacial score (nSPS) is 20.7. The number of carbonyl (C=O) groups excluding carboxylic acids is 1. The van der Waals surface area contributed by atoms with Crippen LogP contribution < -0.4 is 0 Å². The minimum atomic E-state index is -0.871. The number of rotatable bonds is 2. The highest BCUT2D eigenvalue weighted by Gasteiger charge is 2.24. The molecule has 196 valence electrons. The van der Waals surface area contributed by atoms with Crippen molar-refractivity contribution in [3.05, 3.63) is 70.8 Å². The smallest absolute Gasteiger partial charge is 0.304 e. The number of ether oxygens (including phenoxy) is 1. The van der Waals surface area contributed by atoms with Crippen molar-refractivity contribution in [1.82, 2.24) is 24.8 Å². The first-order valence-corrected chi connectivity index (χ1v) is 13.2. The van der Waals surface area contributed by atoms with Gasteiger partial charge < -0.3 is 14.7 Å². The summed E-state index contributed by atoms with van der Waals surface area (Å²) in [4.78, 5) is 29.6. The number of carbonyl (C=O) groups is 2. The molecule has 1 saturated heterocycles. The van der Waals surface area contributed by atoms with Crippen LogP contribution >= 0.6 is 0 Å². The molecule has 6 heterocycles. The number of piperazine rings is 1. The number of benzene rings is 3. The number of amides is 1. The quantitative estimate of drug-likeness (QED) is 0.439. The number of nitrogens with zero attached hydrogens (tertiary/aromatic N) is 5. The molecule has 9 rings (SSSR count). The van der Waals surface area contributed by atoms with Gasteiger partial charge in [0.15, 0.2) is 0 Å². The highest BCUT2D eigenvalue weighted by atomic mass is 16.5. The molecule has 3 aromatic carbocycles. The van der Waals surface area contributed by atoms with E-state index in [-0.39, 0.29) is 18.2 Å². The third-order valence-electron chi connectivity index (χ3n) is 7.91. The van der Waals surface area contributed by atoms with Crippen LogP contribution in [0.4, 0.5) is 0 Å². The van der Waals surface area contributed by atoms with Crippen molar-refractivity contribution in [3.63, 3.8) is 0 Å². The molecule has 1 unspecified atom stereocenters. The summed E-state index contributed by atoms with van der Waals surface area (Å²) in [5, 5.41) is 20.6. The maximum absolute atomic E-state index is 13.3. The second-order valence-electron chi connectivity index (χ2n) is 10.2. The average molecular weight is 514 g/mol. The van der Waals surface area contributed by atoms with E-state index in [4.69, 9.17) is 4.74 Å². The third kappa shape index (κ3) is 4.63. The molecule has 38 heavy (non-hydrogen) atoms. The largest absolute Gasteiger partial charge is 0.481 e. The molecule has 9 bridgehead atoms. The zero-order valence-electron chi connectivity index (χ0n) is 21.5. The Bertz CT molecular complexity index is 1520. The summed E-state index contributed by atoms with van der Waals surface area (Å²) in [5.41, 5.74) is 5.07. The maximum atomic E-state index is 13.3. The van der Waals surface area contributed by atoms with Crippen molar-refractivity contribution in [2.45, 2.75) is 25.8 Å². The summed E-state index contributed by atoms with van der Waals surface area (Å²) in [6.07, 6.45) is -0.0528. The van der Waals surface area contributed by atoms with Crippen molar-refractivity contribution in [3.8, 4) is 0 Å². The Hall–Kier alpha value is -3.82. The molecule has 0 radical (unpaired) electrons. The summed E-state index contributed by atoms with van der Waals surface area (Å²) in [5.74, 6) is -1.20. The number of carboxylic acid groups (broad SMARTS) is 1. The lowest BCUT2D eigenvalue weighted by Gasteiger charge is -2.34. The standard InChI is InChI=1S/C29H31N5O4/c1-19-24-6-7-26-28(19)30-31-34(26)13-15-38-14-12-32-8-10-33(11-9-32)29(37)22-5-3-20-2-4-21(16-23(20)17-22)25(24)18-27(35)36/h2-7,16-17,25H,8-15,18H2,1H3,(H,35,36). The Kier molecular flexibility index (Phi) is 6.55. The lowest BCUT2D eigenvalue weighted by Crippen LogP contribution is -2.49. The van der Waals surface area contributed by atoms with Crippen LogP contribution in [0, 0.1) is 6.92 Å². The Morgan fingerprint density at radius 3 is 2.58 bits per heavy atom. The SMILES string of the molecule is Cc1c2ccc3c1nnn3CCOCCN1CCN(CC1)C(=O)c1ccc3ccc(cc3c1)C2CC(=O)O. The van der Waals surface area contributed by atoms with E-state index in [1.165, 1.54) is 0 Å². The van der Waals surface area contributed by atoms with Crippen LogP contribution in [0.15, 0.2) is 48.5 Å². The Balaban J connectivity index is 1.46. The van der Waals surface area contributed by atoms with Gasteiger partial charge >= 0.3 is 5.97 Å². The molecule has 1 amide bonds. The van der Waals surface area contributed by atoms with E-state index in [1.807, 2.05) is 65.0 Å². The summed E-state index contributed by atoms with van der Waals surface area (Å²) < 4.78 is 7.76. The predicted octanol–water partition coefficient (Wildman–Crippen LogP) is 3.29. The van der Waals surface area contributed by atoms with Crippen LogP contribution in [-0.4, -0.2) is 87.7 Å². The monoisotopic (exact) mass is 513 g/mol. The zero-order valence-corrected chi connectivity index (χ0v) is 21.5. The second kappa shape index (κ2) is 10.2. The molecule has 9 heteroatoms.